The van der Waals surface area contributed by atoms with Crippen molar-refractivity contribution >= 4 is 28.5 Å². The molecule has 0 aliphatic heterocycles. The standard InChI is InChI=1S/C12H14F3IN2O/c1-18(2)4-3-17-11(19)8-5-9(12(13,14)15)7-10(16)6-8/h5-7H,3-4H2,1-2H3,(H,17,19). The van der Waals surface area contributed by atoms with Crippen LogP contribution in [0.1, 0.15) is 15.9 Å². The van der Waals surface area contributed by atoms with Crippen LogP contribution in [0, 0.1) is 3.57 Å². The number of nitrogens with zero attached hydrogens (tertiary/aromatic N) is 1. The lowest BCUT2D eigenvalue weighted by atomic mass is 10.1. The third-order valence-electron chi connectivity index (χ3n) is 2.33. The van der Waals surface area contributed by atoms with Gasteiger partial charge in [0.1, 0.15) is 0 Å². The van der Waals surface area contributed by atoms with Crippen LogP contribution in [-0.4, -0.2) is 38.0 Å². The molecule has 0 spiro atoms. The maximum absolute atomic E-state index is 12.6. The van der Waals surface area contributed by atoms with Gasteiger partial charge in [-0.15, -0.1) is 0 Å². The number of hydrogen-bond donors (Lipinski definition) is 1. The Labute approximate surface area is 123 Å². The number of carbonyl (C=O) groups is 1. The molecule has 0 fully saturated rings. The molecule has 0 unspecified atom stereocenters. The second-order valence-corrected chi connectivity index (χ2v) is 5.53. The van der Waals surface area contributed by atoms with Crippen molar-refractivity contribution in [1.82, 2.24) is 10.2 Å². The quantitative estimate of drug-likeness (QED) is 0.808. The van der Waals surface area contributed by atoms with E-state index in [0.29, 0.717) is 16.7 Å². The molecule has 0 atom stereocenters. The van der Waals surface area contributed by atoms with Crippen LogP contribution in [0.5, 0.6) is 0 Å². The van der Waals surface area contributed by atoms with E-state index in [4.69, 9.17) is 0 Å². The van der Waals surface area contributed by atoms with Gasteiger partial charge in [-0.05, 0) is 54.9 Å². The van der Waals surface area contributed by atoms with Crippen molar-refractivity contribution in [1.29, 1.82) is 0 Å². The zero-order valence-corrected chi connectivity index (χ0v) is 12.7. The zero-order chi connectivity index (χ0) is 14.6. The minimum atomic E-state index is -4.44. The van der Waals surface area contributed by atoms with E-state index in [9.17, 15) is 18.0 Å². The van der Waals surface area contributed by atoms with Crippen LogP contribution < -0.4 is 5.32 Å². The van der Waals surface area contributed by atoms with Gasteiger partial charge < -0.3 is 10.2 Å². The van der Waals surface area contributed by atoms with E-state index in [1.807, 2.05) is 19.0 Å². The van der Waals surface area contributed by atoms with Crippen LogP contribution in [0.3, 0.4) is 0 Å². The highest BCUT2D eigenvalue weighted by atomic mass is 127. The fourth-order valence-electron chi connectivity index (χ4n) is 1.38. The molecule has 1 aromatic carbocycles. The number of halogens is 4. The molecule has 0 aromatic heterocycles. The Morgan fingerprint density at radius 2 is 1.95 bits per heavy atom. The number of likely N-dealkylation sites (N-methyl/N-ethyl adjacent to an activating group) is 1. The third kappa shape index (κ3) is 5.35. The first-order valence-electron chi connectivity index (χ1n) is 5.51. The lowest BCUT2D eigenvalue weighted by Gasteiger charge is -2.12. The van der Waals surface area contributed by atoms with Crippen molar-refractivity contribution < 1.29 is 18.0 Å². The summed E-state index contributed by atoms with van der Waals surface area (Å²) >= 11 is 1.76. The lowest BCUT2D eigenvalue weighted by Crippen LogP contribution is -2.31. The molecule has 106 valence electrons. The smallest absolute Gasteiger partial charge is 0.351 e. The summed E-state index contributed by atoms with van der Waals surface area (Å²) in [7, 11) is 3.69. The Kier molecular flexibility index (Phi) is 5.60. The van der Waals surface area contributed by atoms with Gasteiger partial charge in [-0.25, -0.2) is 0 Å². The summed E-state index contributed by atoms with van der Waals surface area (Å²) in [6.07, 6.45) is -4.44. The second kappa shape index (κ2) is 6.56. The molecule has 1 rings (SSSR count). The van der Waals surface area contributed by atoms with Gasteiger partial charge in [-0.3, -0.25) is 4.79 Å². The van der Waals surface area contributed by atoms with Gasteiger partial charge in [-0.2, -0.15) is 13.2 Å². The van der Waals surface area contributed by atoms with Crippen molar-refractivity contribution in [3.05, 3.63) is 32.9 Å². The molecule has 19 heavy (non-hydrogen) atoms. The van der Waals surface area contributed by atoms with Crippen LogP contribution >= 0.6 is 22.6 Å². The highest BCUT2D eigenvalue weighted by Crippen LogP contribution is 2.31. The zero-order valence-electron chi connectivity index (χ0n) is 10.5. The molecule has 3 nitrogen and oxygen atoms in total. The van der Waals surface area contributed by atoms with Gasteiger partial charge in [0.15, 0.2) is 0 Å². The SMILES string of the molecule is CN(C)CCNC(=O)c1cc(I)cc(C(F)(F)F)c1. The van der Waals surface area contributed by atoms with E-state index in [1.165, 1.54) is 6.07 Å². The predicted octanol–water partition coefficient (Wildman–Crippen LogP) is 2.60. The van der Waals surface area contributed by atoms with Crippen molar-refractivity contribution in [2.45, 2.75) is 6.18 Å². The topological polar surface area (TPSA) is 32.3 Å². The lowest BCUT2D eigenvalue weighted by molar-refractivity contribution is -0.137. The summed E-state index contributed by atoms with van der Waals surface area (Å²) in [5, 5.41) is 2.58. The van der Waals surface area contributed by atoms with Crippen molar-refractivity contribution in [3.8, 4) is 0 Å². The maximum atomic E-state index is 12.6. The molecular weight excluding hydrogens is 372 g/mol. The molecule has 1 N–H and O–H groups in total. The fraction of sp³-hybridized carbons (Fsp3) is 0.417. The average molecular weight is 386 g/mol. The molecule has 1 amide bonds. The van der Waals surface area contributed by atoms with Gasteiger partial charge in [0.05, 0.1) is 5.56 Å². The van der Waals surface area contributed by atoms with Gasteiger partial charge in [0, 0.05) is 22.2 Å². The first-order chi connectivity index (χ1) is 8.70. The van der Waals surface area contributed by atoms with Crippen LogP contribution in [0.15, 0.2) is 18.2 Å². The summed E-state index contributed by atoms with van der Waals surface area (Å²) < 4.78 is 38.3. The van der Waals surface area contributed by atoms with Crippen molar-refractivity contribution in [2.75, 3.05) is 27.2 Å². The van der Waals surface area contributed by atoms with E-state index in [0.717, 1.165) is 12.1 Å². The molecule has 0 radical (unpaired) electrons. The normalized spacial score (nSPS) is 11.7. The molecule has 0 aliphatic rings. The number of hydrogen-bond acceptors (Lipinski definition) is 2. The minimum absolute atomic E-state index is 0.0259. The second-order valence-electron chi connectivity index (χ2n) is 4.29. The van der Waals surface area contributed by atoms with Crippen LogP contribution in [-0.2, 0) is 6.18 Å². The molecule has 7 heteroatoms. The summed E-state index contributed by atoms with van der Waals surface area (Å²) in [5.41, 5.74) is -0.782. The average Bonchev–Trinajstić information content (AvgIpc) is 2.26. The van der Waals surface area contributed by atoms with Gasteiger partial charge in [-0.1, -0.05) is 0 Å². The van der Waals surface area contributed by atoms with Gasteiger partial charge >= 0.3 is 6.18 Å². The first kappa shape index (κ1) is 16.2. The third-order valence-corrected chi connectivity index (χ3v) is 2.95. The molecule has 0 bridgehead atoms. The summed E-state index contributed by atoms with van der Waals surface area (Å²) in [6, 6.07) is 3.31. The van der Waals surface area contributed by atoms with E-state index in [-0.39, 0.29) is 5.56 Å². The van der Waals surface area contributed by atoms with Gasteiger partial charge in [0.2, 0.25) is 0 Å². The molecule has 0 saturated carbocycles. The number of nitrogens with one attached hydrogen (secondary N) is 1. The number of carbonyl (C=O) groups excluding carboxylic acids is 1. The van der Waals surface area contributed by atoms with Gasteiger partial charge in [0.25, 0.3) is 5.91 Å². The Balaban J connectivity index is 2.83. The summed E-state index contributed by atoms with van der Waals surface area (Å²) in [6.45, 7) is 1.01. The molecule has 0 heterocycles. The summed E-state index contributed by atoms with van der Waals surface area (Å²) in [5.74, 6) is -0.495. The number of rotatable bonds is 4. The maximum Gasteiger partial charge on any atom is 0.416 e. The Morgan fingerprint density at radius 3 is 2.47 bits per heavy atom. The number of alkyl halides is 3. The van der Waals surface area contributed by atoms with Crippen LogP contribution in [0.2, 0.25) is 0 Å². The van der Waals surface area contributed by atoms with E-state index >= 15 is 0 Å². The first-order valence-corrected chi connectivity index (χ1v) is 6.59. The van der Waals surface area contributed by atoms with Crippen LogP contribution in [0.4, 0.5) is 13.2 Å². The van der Waals surface area contributed by atoms with Crippen LogP contribution in [0.25, 0.3) is 0 Å². The highest BCUT2D eigenvalue weighted by Gasteiger charge is 2.31. The predicted molar refractivity (Wildman–Crippen MR) is 75.0 cm³/mol. The Hall–Kier alpha value is -0.830. The molecular formula is C12H14F3IN2O. The molecule has 1 aromatic rings. The molecule has 0 saturated heterocycles. The number of amides is 1. The largest absolute Gasteiger partial charge is 0.416 e. The van der Waals surface area contributed by atoms with Crippen molar-refractivity contribution in [2.24, 2.45) is 0 Å². The fourth-order valence-corrected chi connectivity index (χ4v) is 2.05. The Morgan fingerprint density at radius 1 is 1.32 bits per heavy atom. The Bertz CT molecular complexity index is 461. The van der Waals surface area contributed by atoms with E-state index < -0.39 is 17.6 Å². The summed E-state index contributed by atoms with van der Waals surface area (Å²) in [4.78, 5) is 13.6. The number of benzene rings is 1. The van der Waals surface area contributed by atoms with E-state index in [1.54, 1.807) is 22.6 Å². The van der Waals surface area contributed by atoms with E-state index in [2.05, 4.69) is 5.32 Å². The molecule has 0 aliphatic carbocycles. The highest BCUT2D eigenvalue weighted by molar-refractivity contribution is 14.1. The minimum Gasteiger partial charge on any atom is -0.351 e. The van der Waals surface area contributed by atoms with Crippen molar-refractivity contribution in [3.63, 3.8) is 0 Å². The monoisotopic (exact) mass is 386 g/mol.